The molecule has 0 unspecified atom stereocenters. The third kappa shape index (κ3) is 5.22. The summed E-state index contributed by atoms with van der Waals surface area (Å²) in [5.74, 6) is 0.856. The maximum Gasteiger partial charge on any atom is 0.293 e. The molecule has 0 spiro atoms. The fourth-order valence-corrected chi connectivity index (χ4v) is 4.60. The molecular weight excluding hydrogens is 440 g/mol. The minimum Gasteiger partial charge on any atom is -0.493 e. The second-order valence-corrected chi connectivity index (χ2v) is 8.98. The van der Waals surface area contributed by atoms with E-state index in [1.54, 1.807) is 25.3 Å². The highest BCUT2D eigenvalue weighted by Gasteiger charge is 2.31. The van der Waals surface area contributed by atoms with E-state index in [1.807, 2.05) is 35.2 Å². The Morgan fingerprint density at radius 1 is 1.03 bits per heavy atom. The normalized spacial score (nSPS) is 17.6. The zero-order valence-corrected chi connectivity index (χ0v) is 19.5. The van der Waals surface area contributed by atoms with Crippen molar-refractivity contribution in [3.63, 3.8) is 0 Å². The number of nitrogens with zero attached hydrogens (tertiary/aromatic N) is 2. The van der Waals surface area contributed by atoms with Crippen LogP contribution in [0.1, 0.15) is 40.7 Å². The Hall–Kier alpha value is -3.26. The molecule has 0 saturated carbocycles. The molecule has 0 aromatic heterocycles. The zero-order valence-electron chi connectivity index (χ0n) is 18.7. The smallest absolute Gasteiger partial charge is 0.293 e. The van der Waals surface area contributed by atoms with Gasteiger partial charge in [0.05, 0.1) is 12.0 Å². The van der Waals surface area contributed by atoms with Crippen molar-refractivity contribution in [2.75, 3.05) is 27.2 Å². The molecule has 7 nitrogen and oxygen atoms in total. The zero-order chi connectivity index (χ0) is 23.4. The van der Waals surface area contributed by atoms with Gasteiger partial charge in [0.2, 0.25) is 0 Å². The van der Waals surface area contributed by atoms with Crippen LogP contribution in [0.25, 0.3) is 6.08 Å². The van der Waals surface area contributed by atoms with Gasteiger partial charge >= 0.3 is 0 Å². The second kappa shape index (κ2) is 10.1. The number of hydrogen-bond donors (Lipinski definition) is 0. The van der Waals surface area contributed by atoms with Crippen LogP contribution < -0.4 is 9.47 Å². The number of ether oxygens (including phenoxy) is 2. The molecule has 33 heavy (non-hydrogen) atoms. The van der Waals surface area contributed by atoms with Crippen LogP contribution in [0.5, 0.6) is 11.5 Å². The van der Waals surface area contributed by atoms with Crippen molar-refractivity contribution < 1.29 is 23.9 Å². The third-order valence-electron chi connectivity index (χ3n) is 5.71. The lowest BCUT2D eigenvalue weighted by Gasteiger charge is -2.26. The molecule has 0 bridgehead atoms. The molecule has 3 amide bonds. The molecule has 172 valence electrons. The van der Waals surface area contributed by atoms with Crippen LogP contribution in [-0.4, -0.2) is 54.1 Å². The first-order chi connectivity index (χ1) is 16.0. The number of benzene rings is 2. The SMILES string of the molecule is COc1cc(/C=C2/SC(=O)N(C)C2=O)ccc1OCc1ccc(C(=O)N2CCCCC2)cc1. The quantitative estimate of drug-likeness (QED) is 0.581. The predicted molar refractivity (Wildman–Crippen MR) is 127 cm³/mol. The molecule has 8 heteroatoms. The lowest BCUT2D eigenvalue weighted by molar-refractivity contribution is -0.121. The average molecular weight is 467 g/mol. The standard InChI is InChI=1S/C25H26N2O5S/c1-26-24(29)22(33-25(26)30)15-18-8-11-20(21(14-18)31-2)32-16-17-6-9-19(10-7-17)23(28)27-12-4-3-5-13-27/h6-11,14-15H,3-5,12-13,16H2,1-2H3/b22-15+. The summed E-state index contributed by atoms with van der Waals surface area (Å²) in [6.07, 6.45) is 4.99. The maximum atomic E-state index is 12.6. The summed E-state index contributed by atoms with van der Waals surface area (Å²) >= 11 is 0.913. The van der Waals surface area contributed by atoms with E-state index in [4.69, 9.17) is 9.47 Å². The van der Waals surface area contributed by atoms with E-state index in [0.29, 0.717) is 28.6 Å². The highest BCUT2D eigenvalue weighted by molar-refractivity contribution is 8.18. The Bertz CT molecular complexity index is 1090. The van der Waals surface area contributed by atoms with Gasteiger partial charge in [-0.2, -0.15) is 0 Å². The molecule has 0 atom stereocenters. The number of likely N-dealkylation sites (N-methyl/N-ethyl adjacent to an activating group) is 1. The van der Waals surface area contributed by atoms with E-state index < -0.39 is 0 Å². The first-order valence-corrected chi connectivity index (χ1v) is 11.7. The van der Waals surface area contributed by atoms with Crippen LogP contribution in [0.15, 0.2) is 47.4 Å². The van der Waals surface area contributed by atoms with Crippen LogP contribution in [0.2, 0.25) is 0 Å². The molecule has 2 heterocycles. The van der Waals surface area contributed by atoms with E-state index in [0.717, 1.165) is 53.7 Å². The van der Waals surface area contributed by atoms with Gasteiger partial charge < -0.3 is 14.4 Å². The predicted octanol–water partition coefficient (Wildman–Crippen LogP) is 4.57. The molecule has 0 N–H and O–H groups in total. The Kier molecular flexibility index (Phi) is 7.03. The van der Waals surface area contributed by atoms with Gasteiger partial charge in [-0.15, -0.1) is 0 Å². The monoisotopic (exact) mass is 466 g/mol. The molecule has 2 aliphatic heterocycles. The Morgan fingerprint density at radius 3 is 2.39 bits per heavy atom. The number of carbonyl (C=O) groups is 3. The van der Waals surface area contributed by atoms with Crippen LogP contribution in [0.3, 0.4) is 0 Å². The van der Waals surface area contributed by atoms with Gasteiger partial charge in [-0.1, -0.05) is 18.2 Å². The molecule has 0 radical (unpaired) electrons. The highest BCUT2D eigenvalue weighted by Crippen LogP contribution is 2.34. The molecule has 2 aromatic carbocycles. The highest BCUT2D eigenvalue weighted by atomic mass is 32.2. The van der Waals surface area contributed by atoms with Gasteiger partial charge in [-0.25, -0.2) is 0 Å². The van der Waals surface area contributed by atoms with Crippen molar-refractivity contribution in [1.29, 1.82) is 0 Å². The summed E-state index contributed by atoms with van der Waals surface area (Å²) in [6.45, 7) is 1.98. The summed E-state index contributed by atoms with van der Waals surface area (Å²) in [6, 6.07) is 12.8. The minimum absolute atomic E-state index is 0.0837. The summed E-state index contributed by atoms with van der Waals surface area (Å²) in [5.41, 5.74) is 2.37. The van der Waals surface area contributed by atoms with Crippen LogP contribution in [0, 0.1) is 0 Å². The summed E-state index contributed by atoms with van der Waals surface area (Å²) in [7, 11) is 3.01. The van der Waals surface area contributed by atoms with Gasteiger partial charge in [0.1, 0.15) is 6.61 Å². The number of imide groups is 1. The minimum atomic E-state index is -0.313. The van der Waals surface area contributed by atoms with Crippen LogP contribution in [0.4, 0.5) is 4.79 Å². The second-order valence-electron chi connectivity index (χ2n) is 7.99. The van der Waals surface area contributed by atoms with E-state index in [-0.39, 0.29) is 17.1 Å². The van der Waals surface area contributed by atoms with Gasteiger partial charge in [-0.3, -0.25) is 19.3 Å². The lowest BCUT2D eigenvalue weighted by atomic mass is 10.1. The molecule has 0 aliphatic carbocycles. The van der Waals surface area contributed by atoms with Crippen molar-refractivity contribution in [2.45, 2.75) is 25.9 Å². The van der Waals surface area contributed by atoms with E-state index in [1.165, 1.54) is 13.5 Å². The van der Waals surface area contributed by atoms with Crippen LogP contribution >= 0.6 is 11.8 Å². The van der Waals surface area contributed by atoms with Gasteiger partial charge in [0.25, 0.3) is 17.1 Å². The number of likely N-dealkylation sites (tertiary alicyclic amines) is 1. The first-order valence-electron chi connectivity index (χ1n) is 10.9. The molecule has 2 fully saturated rings. The largest absolute Gasteiger partial charge is 0.493 e. The van der Waals surface area contributed by atoms with E-state index in [2.05, 4.69) is 0 Å². The van der Waals surface area contributed by atoms with E-state index in [9.17, 15) is 14.4 Å². The topological polar surface area (TPSA) is 76.1 Å². The first kappa shape index (κ1) is 22.9. The van der Waals surface area contributed by atoms with Crippen molar-refractivity contribution in [1.82, 2.24) is 9.80 Å². The number of hydrogen-bond acceptors (Lipinski definition) is 6. The van der Waals surface area contributed by atoms with Gasteiger partial charge in [0, 0.05) is 25.7 Å². The molecule has 4 rings (SSSR count). The number of methoxy groups -OCH3 is 1. The summed E-state index contributed by atoms with van der Waals surface area (Å²) in [5, 5.41) is -0.290. The number of piperidine rings is 1. The third-order valence-corrected chi connectivity index (χ3v) is 6.67. The number of thioether (sulfide) groups is 1. The van der Waals surface area contributed by atoms with Gasteiger partial charge in [0.15, 0.2) is 11.5 Å². The lowest BCUT2D eigenvalue weighted by Crippen LogP contribution is -2.35. The Morgan fingerprint density at radius 2 is 1.76 bits per heavy atom. The number of carbonyl (C=O) groups excluding carboxylic acids is 3. The number of rotatable bonds is 6. The Balaban J connectivity index is 1.40. The van der Waals surface area contributed by atoms with Crippen molar-refractivity contribution >= 4 is 34.9 Å². The number of amides is 3. The summed E-state index contributed by atoms with van der Waals surface area (Å²) < 4.78 is 11.4. The molecular formula is C25H26N2O5S. The van der Waals surface area contributed by atoms with Crippen molar-refractivity contribution in [3.05, 3.63) is 64.1 Å². The fourth-order valence-electron chi connectivity index (χ4n) is 3.77. The average Bonchev–Trinajstić information content (AvgIpc) is 3.09. The van der Waals surface area contributed by atoms with E-state index >= 15 is 0 Å². The maximum absolute atomic E-state index is 12.6. The summed E-state index contributed by atoms with van der Waals surface area (Å²) in [4.78, 5) is 39.8. The molecule has 2 aromatic rings. The molecule has 2 aliphatic rings. The van der Waals surface area contributed by atoms with Gasteiger partial charge in [-0.05, 0) is 72.5 Å². The fraction of sp³-hybridized carbons (Fsp3) is 0.320. The molecule has 2 saturated heterocycles. The van der Waals surface area contributed by atoms with Crippen molar-refractivity contribution in [2.24, 2.45) is 0 Å². The van der Waals surface area contributed by atoms with Crippen molar-refractivity contribution in [3.8, 4) is 11.5 Å². The van der Waals surface area contributed by atoms with Crippen LogP contribution in [-0.2, 0) is 11.4 Å². The Labute approximate surface area is 197 Å².